The molecule has 1 atom stereocenters. The fraction of sp³-hybridized carbons (Fsp3) is 0.412. The lowest BCUT2D eigenvalue weighted by atomic mass is 10.00. The van der Waals surface area contributed by atoms with Gasteiger partial charge in [-0.15, -0.1) is 0 Å². The van der Waals surface area contributed by atoms with Gasteiger partial charge < -0.3 is 4.57 Å². The van der Waals surface area contributed by atoms with E-state index < -0.39 is 10.0 Å². The molecule has 1 aliphatic heterocycles. The van der Waals surface area contributed by atoms with Gasteiger partial charge in [-0.25, -0.2) is 22.9 Å². The monoisotopic (exact) mass is 375 g/mol. The lowest BCUT2D eigenvalue weighted by Crippen LogP contribution is -2.33. The van der Waals surface area contributed by atoms with Crippen molar-refractivity contribution >= 4 is 21.1 Å². The predicted octanol–water partition coefficient (Wildman–Crippen LogP) is 0.614. The third kappa shape index (κ3) is 2.77. The van der Waals surface area contributed by atoms with Crippen LogP contribution in [0.2, 0.25) is 0 Å². The van der Waals surface area contributed by atoms with E-state index in [4.69, 9.17) is 0 Å². The van der Waals surface area contributed by atoms with Crippen molar-refractivity contribution in [3.63, 3.8) is 0 Å². The molecule has 0 saturated carbocycles. The van der Waals surface area contributed by atoms with Crippen LogP contribution in [0.1, 0.15) is 12.2 Å². The maximum absolute atomic E-state index is 12.7. The zero-order valence-corrected chi connectivity index (χ0v) is 15.5. The van der Waals surface area contributed by atoms with Crippen LogP contribution in [0.4, 0.5) is 0 Å². The van der Waals surface area contributed by atoms with Crippen LogP contribution in [0.5, 0.6) is 0 Å². The van der Waals surface area contributed by atoms with Gasteiger partial charge in [0.05, 0.1) is 15.9 Å². The Bertz CT molecular complexity index is 1140. The summed E-state index contributed by atoms with van der Waals surface area (Å²) in [5.74, 6) is 1.29. The van der Waals surface area contributed by atoms with Gasteiger partial charge in [0.15, 0.2) is 0 Å². The zero-order chi connectivity index (χ0) is 18.5. The topological polar surface area (TPSA) is 90.9 Å². The van der Waals surface area contributed by atoms with Crippen molar-refractivity contribution in [1.29, 1.82) is 0 Å². The van der Waals surface area contributed by atoms with Crippen LogP contribution in [0, 0.1) is 5.92 Å². The van der Waals surface area contributed by atoms with Crippen molar-refractivity contribution in [1.82, 2.24) is 23.4 Å². The second-order valence-corrected chi connectivity index (χ2v) is 8.57. The first-order chi connectivity index (χ1) is 12.4. The van der Waals surface area contributed by atoms with Gasteiger partial charge in [-0.3, -0.25) is 9.13 Å². The molecule has 0 saturated heterocycles. The van der Waals surface area contributed by atoms with Gasteiger partial charge in [-0.05, 0) is 30.5 Å². The lowest BCUT2D eigenvalue weighted by molar-refractivity contribution is 0.363. The molecule has 8 nitrogen and oxygen atoms in total. The van der Waals surface area contributed by atoms with Gasteiger partial charge >= 0.3 is 5.69 Å². The normalized spacial score (nSPS) is 17.5. The van der Waals surface area contributed by atoms with E-state index in [1.54, 1.807) is 38.5 Å². The third-order valence-electron chi connectivity index (χ3n) is 5.15. The minimum Gasteiger partial charge on any atom is -0.335 e. The van der Waals surface area contributed by atoms with E-state index in [-0.39, 0.29) is 16.5 Å². The molecule has 0 fully saturated rings. The van der Waals surface area contributed by atoms with E-state index in [9.17, 15) is 13.2 Å². The van der Waals surface area contributed by atoms with Crippen LogP contribution in [0.25, 0.3) is 11.0 Å². The summed E-state index contributed by atoms with van der Waals surface area (Å²) in [7, 11) is -0.326. The van der Waals surface area contributed by atoms with Crippen LogP contribution in [0.3, 0.4) is 0 Å². The first-order valence-corrected chi connectivity index (χ1v) is 10.0. The van der Waals surface area contributed by atoms with Gasteiger partial charge in [0.1, 0.15) is 5.82 Å². The number of aryl methyl sites for hydroxylation is 3. The SMILES string of the molecule is Cn1c(=O)n(C)c2cc(S(=O)(=O)NC[C@H]3CCc4nccn4C3)ccc21. The smallest absolute Gasteiger partial charge is 0.328 e. The van der Waals surface area contributed by atoms with Crippen molar-refractivity contribution < 1.29 is 8.42 Å². The Morgan fingerprint density at radius 2 is 2.00 bits per heavy atom. The number of aromatic nitrogens is 4. The summed E-state index contributed by atoms with van der Waals surface area (Å²) in [6.07, 6.45) is 5.48. The van der Waals surface area contributed by atoms with Gasteiger partial charge in [-0.1, -0.05) is 0 Å². The van der Waals surface area contributed by atoms with E-state index >= 15 is 0 Å². The first-order valence-electron chi connectivity index (χ1n) is 8.52. The number of imidazole rings is 2. The van der Waals surface area contributed by atoms with E-state index in [1.807, 2.05) is 6.20 Å². The Hall–Kier alpha value is -2.39. The molecule has 1 aliphatic rings. The van der Waals surface area contributed by atoms with Crippen LogP contribution in [-0.2, 0) is 37.1 Å². The molecule has 0 radical (unpaired) electrons. The van der Waals surface area contributed by atoms with Crippen molar-refractivity contribution in [3.8, 4) is 0 Å². The van der Waals surface area contributed by atoms with Crippen LogP contribution < -0.4 is 10.4 Å². The van der Waals surface area contributed by atoms with Crippen molar-refractivity contribution in [2.24, 2.45) is 20.0 Å². The Morgan fingerprint density at radius 3 is 2.81 bits per heavy atom. The molecule has 3 heterocycles. The fourth-order valence-corrected chi connectivity index (χ4v) is 4.70. The van der Waals surface area contributed by atoms with Crippen LogP contribution >= 0.6 is 0 Å². The number of hydrogen-bond donors (Lipinski definition) is 1. The molecular weight excluding hydrogens is 354 g/mol. The molecule has 4 rings (SSSR count). The average molecular weight is 375 g/mol. The second-order valence-electron chi connectivity index (χ2n) is 6.80. The highest BCUT2D eigenvalue weighted by Gasteiger charge is 2.22. The number of nitrogens with one attached hydrogen (secondary N) is 1. The first kappa shape index (κ1) is 17.0. The van der Waals surface area contributed by atoms with E-state index in [0.717, 1.165) is 25.2 Å². The maximum Gasteiger partial charge on any atom is 0.328 e. The second kappa shape index (κ2) is 6.10. The number of fused-ring (bicyclic) bond motifs is 2. The summed E-state index contributed by atoms with van der Waals surface area (Å²) < 4.78 is 33.1. The highest BCUT2D eigenvalue weighted by atomic mass is 32.2. The highest BCUT2D eigenvalue weighted by molar-refractivity contribution is 7.89. The van der Waals surface area contributed by atoms with Gasteiger partial charge in [0.25, 0.3) is 0 Å². The minimum absolute atomic E-state index is 0.172. The molecule has 1 N–H and O–H groups in total. The Balaban J connectivity index is 1.54. The molecule has 2 aromatic heterocycles. The summed E-state index contributed by atoms with van der Waals surface area (Å²) in [6.45, 7) is 1.15. The molecule has 0 spiro atoms. The van der Waals surface area contributed by atoms with Gasteiger partial charge in [-0.2, -0.15) is 0 Å². The van der Waals surface area contributed by atoms with E-state index in [1.165, 1.54) is 9.13 Å². The molecular formula is C17H21N5O3S. The quantitative estimate of drug-likeness (QED) is 0.724. The number of benzene rings is 1. The van der Waals surface area contributed by atoms with E-state index in [2.05, 4.69) is 14.3 Å². The molecule has 138 valence electrons. The maximum atomic E-state index is 12.7. The largest absolute Gasteiger partial charge is 0.335 e. The number of rotatable bonds is 4. The number of hydrogen-bond acceptors (Lipinski definition) is 4. The third-order valence-corrected chi connectivity index (χ3v) is 6.57. The van der Waals surface area contributed by atoms with E-state index in [0.29, 0.717) is 17.6 Å². The summed E-state index contributed by atoms with van der Waals surface area (Å²) in [4.78, 5) is 16.5. The number of nitrogens with zero attached hydrogens (tertiary/aromatic N) is 4. The summed E-state index contributed by atoms with van der Waals surface area (Å²) in [6, 6.07) is 4.76. The van der Waals surface area contributed by atoms with Gasteiger partial charge in [0.2, 0.25) is 10.0 Å². The molecule has 0 bridgehead atoms. The molecule has 9 heteroatoms. The Labute approximate surface area is 151 Å². The average Bonchev–Trinajstić information content (AvgIpc) is 3.19. The van der Waals surface area contributed by atoms with Crippen LogP contribution in [-0.4, -0.2) is 33.6 Å². The highest BCUT2D eigenvalue weighted by Crippen LogP contribution is 2.20. The van der Waals surface area contributed by atoms with Crippen molar-refractivity contribution in [2.45, 2.75) is 24.3 Å². The molecule has 0 aliphatic carbocycles. The van der Waals surface area contributed by atoms with Crippen molar-refractivity contribution in [3.05, 3.63) is 46.9 Å². The zero-order valence-electron chi connectivity index (χ0n) is 14.7. The molecule has 3 aromatic rings. The summed E-state index contributed by atoms with van der Waals surface area (Å²) >= 11 is 0. The molecule has 0 amide bonds. The van der Waals surface area contributed by atoms with Crippen molar-refractivity contribution in [2.75, 3.05) is 6.54 Å². The molecule has 26 heavy (non-hydrogen) atoms. The lowest BCUT2D eigenvalue weighted by Gasteiger charge is -2.23. The molecule has 0 unspecified atom stereocenters. The molecule has 1 aromatic carbocycles. The van der Waals surface area contributed by atoms with Crippen LogP contribution in [0.15, 0.2) is 40.3 Å². The summed E-state index contributed by atoms with van der Waals surface area (Å²) in [5.41, 5.74) is 1.12. The number of sulfonamides is 1. The predicted molar refractivity (Wildman–Crippen MR) is 97.4 cm³/mol. The standard InChI is InChI=1S/C17H21N5O3S/c1-20-14-5-4-13(9-15(14)21(2)17(20)23)26(24,25)19-10-12-3-6-16-18-7-8-22(16)11-12/h4-5,7-9,12,19H,3,6,10-11H2,1-2H3/t12-/m1/s1. The fourth-order valence-electron chi connectivity index (χ4n) is 3.57. The Morgan fingerprint density at radius 1 is 1.23 bits per heavy atom. The summed E-state index contributed by atoms with van der Waals surface area (Å²) in [5, 5.41) is 0. The minimum atomic E-state index is -3.63. The van der Waals surface area contributed by atoms with Gasteiger partial charge in [0, 0.05) is 46.0 Å². The Kier molecular flexibility index (Phi) is 4.00.